The van der Waals surface area contributed by atoms with Crippen LogP contribution >= 0.6 is 11.8 Å². The lowest BCUT2D eigenvalue weighted by atomic mass is 10.00. The SMILES string of the molecule is CCNC(=O)C[C@@H]1N=C(c2ccc(Sc3cccc(O)c3O)cc2)c2cc(OC)ccc2-n2c(C)nnc21. The Bertz CT molecular complexity index is 1530. The molecule has 1 atom stereocenters. The zero-order chi connectivity index (χ0) is 26.8. The van der Waals surface area contributed by atoms with Gasteiger partial charge in [-0.1, -0.05) is 30.0 Å². The number of aromatic nitrogens is 3. The number of rotatable bonds is 7. The summed E-state index contributed by atoms with van der Waals surface area (Å²) in [5.41, 5.74) is 3.23. The van der Waals surface area contributed by atoms with Crippen LogP contribution in [-0.4, -0.2) is 50.3 Å². The van der Waals surface area contributed by atoms with E-state index in [0.29, 0.717) is 34.6 Å². The van der Waals surface area contributed by atoms with E-state index in [0.717, 1.165) is 21.7 Å². The van der Waals surface area contributed by atoms with Crippen LogP contribution in [0.25, 0.3) is 5.69 Å². The minimum atomic E-state index is -0.547. The topological polar surface area (TPSA) is 122 Å². The molecule has 0 radical (unpaired) electrons. The minimum absolute atomic E-state index is 0.117. The van der Waals surface area contributed by atoms with Gasteiger partial charge in [-0.3, -0.25) is 14.4 Å². The number of hydrogen-bond donors (Lipinski definition) is 3. The third-order valence-electron chi connectivity index (χ3n) is 6.22. The predicted octanol–water partition coefficient (Wildman–Crippen LogP) is 4.57. The summed E-state index contributed by atoms with van der Waals surface area (Å²) in [6.07, 6.45) is 0.130. The molecule has 9 nitrogen and oxygen atoms in total. The highest BCUT2D eigenvalue weighted by molar-refractivity contribution is 7.99. The quantitative estimate of drug-likeness (QED) is 0.300. The van der Waals surface area contributed by atoms with E-state index in [-0.39, 0.29) is 23.8 Å². The number of para-hydroxylation sites is 1. The van der Waals surface area contributed by atoms with Gasteiger partial charge in [-0.2, -0.15) is 0 Å². The van der Waals surface area contributed by atoms with Crippen molar-refractivity contribution in [2.75, 3.05) is 13.7 Å². The number of aliphatic imine (C=N–C) groups is 1. The number of aromatic hydroxyl groups is 2. The van der Waals surface area contributed by atoms with Crippen molar-refractivity contribution >= 4 is 23.4 Å². The second kappa shape index (κ2) is 10.6. The van der Waals surface area contributed by atoms with Gasteiger partial charge in [-0.25, -0.2) is 0 Å². The Kier molecular flexibility index (Phi) is 7.06. The van der Waals surface area contributed by atoms with Gasteiger partial charge in [0.15, 0.2) is 17.3 Å². The van der Waals surface area contributed by atoms with E-state index in [1.54, 1.807) is 19.2 Å². The van der Waals surface area contributed by atoms with Gasteiger partial charge in [0, 0.05) is 22.6 Å². The summed E-state index contributed by atoms with van der Waals surface area (Å²) in [5.74, 6) is 1.54. The Morgan fingerprint density at radius 3 is 2.63 bits per heavy atom. The van der Waals surface area contributed by atoms with Crippen LogP contribution in [0.2, 0.25) is 0 Å². The maximum atomic E-state index is 12.6. The van der Waals surface area contributed by atoms with Crippen LogP contribution in [0.3, 0.4) is 0 Å². The summed E-state index contributed by atoms with van der Waals surface area (Å²) < 4.78 is 7.48. The van der Waals surface area contributed by atoms with Crippen molar-refractivity contribution in [3.8, 4) is 22.9 Å². The molecule has 0 saturated heterocycles. The molecule has 1 aliphatic heterocycles. The van der Waals surface area contributed by atoms with Crippen LogP contribution in [0.1, 0.15) is 42.2 Å². The zero-order valence-corrected chi connectivity index (χ0v) is 22.0. The fraction of sp³-hybridized carbons (Fsp3) is 0.214. The molecule has 0 aliphatic carbocycles. The number of carbonyl (C=O) groups excluding carboxylic acids is 1. The fourth-order valence-electron chi connectivity index (χ4n) is 4.41. The number of phenols is 2. The van der Waals surface area contributed by atoms with Crippen molar-refractivity contribution in [3.63, 3.8) is 0 Å². The van der Waals surface area contributed by atoms with Gasteiger partial charge in [-0.05, 0) is 56.3 Å². The number of ether oxygens (including phenoxy) is 1. The van der Waals surface area contributed by atoms with Crippen LogP contribution in [0, 0.1) is 6.92 Å². The number of methoxy groups -OCH3 is 1. The van der Waals surface area contributed by atoms with E-state index in [1.165, 1.54) is 17.8 Å². The molecule has 194 valence electrons. The van der Waals surface area contributed by atoms with E-state index in [4.69, 9.17) is 9.73 Å². The third kappa shape index (κ3) is 4.82. The largest absolute Gasteiger partial charge is 0.504 e. The Hall–Kier alpha value is -4.31. The molecule has 0 spiro atoms. The maximum absolute atomic E-state index is 12.6. The number of hydrogen-bond acceptors (Lipinski definition) is 8. The van der Waals surface area contributed by atoms with Crippen LogP contribution in [0.5, 0.6) is 17.2 Å². The molecular weight excluding hydrogens is 502 g/mol. The van der Waals surface area contributed by atoms with Gasteiger partial charge in [0.1, 0.15) is 17.6 Å². The second-order valence-corrected chi connectivity index (χ2v) is 9.84. The number of carbonyl (C=O) groups is 1. The van der Waals surface area contributed by atoms with Crippen LogP contribution < -0.4 is 10.1 Å². The first-order valence-electron chi connectivity index (χ1n) is 12.1. The average Bonchev–Trinajstić information content (AvgIpc) is 3.24. The lowest BCUT2D eigenvalue weighted by Crippen LogP contribution is -2.25. The van der Waals surface area contributed by atoms with E-state index < -0.39 is 6.04 Å². The molecule has 3 N–H and O–H groups in total. The molecule has 1 aromatic heterocycles. The molecule has 0 bridgehead atoms. The third-order valence-corrected chi connectivity index (χ3v) is 7.28. The molecule has 38 heavy (non-hydrogen) atoms. The molecule has 1 amide bonds. The lowest BCUT2D eigenvalue weighted by molar-refractivity contribution is -0.121. The first kappa shape index (κ1) is 25.3. The summed E-state index contributed by atoms with van der Waals surface area (Å²) in [7, 11) is 1.62. The van der Waals surface area contributed by atoms with Gasteiger partial charge < -0.3 is 20.3 Å². The average molecular weight is 530 g/mol. The number of benzene rings is 3. The number of phenolic OH excluding ortho intramolecular Hbond substituents is 2. The Morgan fingerprint density at radius 2 is 1.89 bits per heavy atom. The van der Waals surface area contributed by atoms with Gasteiger partial charge in [0.2, 0.25) is 5.91 Å². The summed E-state index contributed by atoms with van der Waals surface area (Å²) in [5, 5.41) is 31.6. The summed E-state index contributed by atoms with van der Waals surface area (Å²) >= 11 is 1.34. The summed E-state index contributed by atoms with van der Waals surface area (Å²) in [4.78, 5) is 19.1. The normalized spacial score (nSPS) is 14.2. The van der Waals surface area contributed by atoms with E-state index >= 15 is 0 Å². The van der Waals surface area contributed by atoms with Gasteiger partial charge >= 0.3 is 0 Å². The molecular formula is C28H27N5O4S. The van der Waals surface area contributed by atoms with Crippen molar-refractivity contribution in [3.05, 3.63) is 83.4 Å². The van der Waals surface area contributed by atoms with Crippen LogP contribution in [0.15, 0.2) is 75.4 Å². The molecule has 1 aliphatic rings. The van der Waals surface area contributed by atoms with Crippen molar-refractivity contribution in [1.29, 1.82) is 0 Å². The van der Waals surface area contributed by atoms with Crippen molar-refractivity contribution in [2.45, 2.75) is 36.1 Å². The standard InChI is InChI=1S/C28H27N5O4S/c1-4-29-25(35)15-21-28-32-31-16(2)33(28)22-13-10-18(37-3)14-20(22)26(30-21)17-8-11-19(12-9-17)38-24-7-5-6-23(34)27(24)36/h5-14,21,34,36H,4,15H2,1-3H3,(H,29,35)/t21-/m0/s1. The monoisotopic (exact) mass is 529 g/mol. The highest BCUT2D eigenvalue weighted by Crippen LogP contribution is 2.40. The maximum Gasteiger partial charge on any atom is 0.222 e. The Morgan fingerprint density at radius 1 is 1.11 bits per heavy atom. The molecule has 4 aromatic rings. The van der Waals surface area contributed by atoms with E-state index in [2.05, 4.69) is 15.5 Å². The van der Waals surface area contributed by atoms with Crippen molar-refractivity contribution in [2.24, 2.45) is 4.99 Å². The molecule has 0 unspecified atom stereocenters. The smallest absolute Gasteiger partial charge is 0.222 e. The molecule has 10 heteroatoms. The number of amides is 1. The number of aryl methyl sites for hydroxylation is 1. The van der Waals surface area contributed by atoms with Gasteiger partial charge in [0.25, 0.3) is 0 Å². The predicted molar refractivity (Wildman–Crippen MR) is 145 cm³/mol. The van der Waals surface area contributed by atoms with Crippen molar-refractivity contribution < 1.29 is 19.7 Å². The lowest BCUT2D eigenvalue weighted by Gasteiger charge is -2.14. The van der Waals surface area contributed by atoms with Crippen LogP contribution in [0.4, 0.5) is 0 Å². The van der Waals surface area contributed by atoms with E-state index in [1.807, 2.05) is 60.9 Å². The highest BCUT2D eigenvalue weighted by Gasteiger charge is 2.30. The number of nitrogens with zero attached hydrogens (tertiary/aromatic N) is 4. The molecule has 2 heterocycles. The molecule has 0 fully saturated rings. The van der Waals surface area contributed by atoms with Crippen molar-refractivity contribution in [1.82, 2.24) is 20.1 Å². The molecule has 3 aromatic carbocycles. The summed E-state index contributed by atoms with van der Waals surface area (Å²) in [6.45, 7) is 4.28. The van der Waals surface area contributed by atoms with Crippen LogP contribution in [-0.2, 0) is 4.79 Å². The first-order chi connectivity index (χ1) is 18.4. The van der Waals surface area contributed by atoms with Gasteiger partial charge in [-0.15, -0.1) is 10.2 Å². The highest BCUT2D eigenvalue weighted by atomic mass is 32.2. The fourth-order valence-corrected chi connectivity index (χ4v) is 5.29. The van der Waals surface area contributed by atoms with Gasteiger partial charge in [0.05, 0.1) is 29.8 Å². The van der Waals surface area contributed by atoms with E-state index in [9.17, 15) is 15.0 Å². The second-order valence-electron chi connectivity index (χ2n) is 8.73. The number of nitrogens with one attached hydrogen (secondary N) is 1. The molecule has 5 rings (SSSR count). The zero-order valence-electron chi connectivity index (χ0n) is 21.2. The Labute approximate surface area is 224 Å². The first-order valence-corrected chi connectivity index (χ1v) is 13.0. The number of fused-ring (bicyclic) bond motifs is 3. The summed E-state index contributed by atoms with van der Waals surface area (Å²) in [6, 6.07) is 17.9. The molecule has 0 saturated carbocycles. The minimum Gasteiger partial charge on any atom is -0.504 e. The Balaban J connectivity index is 1.60.